The summed E-state index contributed by atoms with van der Waals surface area (Å²) in [5, 5.41) is 3.67. The molecule has 1 atom stereocenters. The zero-order valence-corrected chi connectivity index (χ0v) is 12.4. The van der Waals surface area contributed by atoms with Crippen molar-refractivity contribution in [2.45, 2.75) is 61.3 Å². The summed E-state index contributed by atoms with van der Waals surface area (Å²) in [6.45, 7) is 19.2. The van der Waals surface area contributed by atoms with E-state index in [1.807, 2.05) is 0 Å². The van der Waals surface area contributed by atoms with Gasteiger partial charge in [0.1, 0.15) is 0 Å². The highest BCUT2D eigenvalue weighted by Gasteiger charge is 2.37. The van der Waals surface area contributed by atoms with Gasteiger partial charge in [0.25, 0.3) is 0 Å². The summed E-state index contributed by atoms with van der Waals surface area (Å²) in [5.41, 5.74) is 1.29. The molecule has 1 saturated heterocycles. The lowest BCUT2D eigenvalue weighted by Gasteiger charge is -2.39. The molecule has 0 aromatic heterocycles. The monoisotopic (exact) mass is 225 g/mol. The van der Waals surface area contributed by atoms with Crippen LogP contribution in [0.25, 0.3) is 0 Å². The van der Waals surface area contributed by atoms with Gasteiger partial charge in [0.05, 0.1) is 0 Å². The SMILES string of the molecule is CC1CC(C)(C)CNCC(C)(C)CC1(C)C. The van der Waals surface area contributed by atoms with Gasteiger partial charge in [-0.2, -0.15) is 0 Å². The predicted molar refractivity (Wildman–Crippen MR) is 72.6 cm³/mol. The van der Waals surface area contributed by atoms with Gasteiger partial charge in [-0.3, -0.25) is 0 Å². The van der Waals surface area contributed by atoms with Crippen LogP contribution in [0.1, 0.15) is 61.3 Å². The third-order valence-corrected chi connectivity index (χ3v) is 4.33. The molecular formula is C15H31N. The van der Waals surface area contributed by atoms with Crippen LogP contribution >= 0.6 is 0 Å². The Bertz CT molecular complexity index is 238. The maximum atomic E-state index is 3.67. The van der Waals surface area contributed by atoms with Crippen LogP contribution in [-0.4, -0.2) is 13.1 Å². The molecular weight excluding hydrogens is 194 g/mol. The van der Waals surface area contributed by atoms with Crippen molar-refractivity contribution in [3.63, 3.8) is 0 Å². The Morgan fingerprint density at radius 2 is 1.38 bits per heavy atom. The number of hydrogen-bond acceptors (Lipinski definition) is 1. The molecule has 1 nitrogen and oxygen atoms in total. The van der Waals surface area contributed by atoms with E-state index < -0.39 is 0 Å². The molecule has 1 aliphatic rings. The van der Waals surface area contributed by atoms with Crippen molar-refractivity contribution >= 4 is 0 Å². The van der Waals surface area contributed by atoms with Crippen molar-refractivity contribution in [2.24, 2.45) is 22.2 Å². The van der Waals surface area contributed by atoms with Crippen LogP contribution < -0.4 is 5.32 Å². The van der Waals surface area contributed by atoms with Gasteiger partial charge in [0.2, 0.25) is 0 Å². The molecule has 0 aromatic rings. The molecule has 1 rings (SSSR count). The topological polar surface area (TPSA) is 12.0 Å². The molecule has 0 aromatic carbocycles. The van der Waals surface area contributed by atoms with Crippen molar-refractivity contribution in [3.05, 3.63) is 0 Å². The average molecular weight is 225 g/mol. The van der Waals surface area contributed by atoms with Crippen molar-refractivity contribution in [2.75, 3.05) is 13.1 Å². The van der Waals surface area contributed by atoms with Crippen LogP contribution in [0.4, 0.5) is 0 Å². The molecule has 0 amide bonds. The van der Waals surface area contributed by atoms with Gasteiger partial charge in [-0.05, 0) is 35.0 Å². The second-order valence-corrected chi connectivity index (χ2v) is 8.20. The number of hydrogen-bond donors (Lipinski definition) is 1. The third kappa shape index (κ3) is 3.76. The second kappa shape index (κ2) is 4.33. The Balaban J connectivity index is 2.89. The summed E-state index contributed by atoms with van der Waals surface area (Å²) in [4.78, 5) is 0. The minimum Gasteiger partial charge on any atom is -0.316 e. The highest BCUT2D eigenvalue weighted by atomic mass is 14.9. The quantitative estimate of drug-likeness (QED) is 0.655. The maximum Gasteiger partial charge on any atom is 0.000295 e. The van der Waals surface area contributed by atoms with Gasteiger partial charge in [-0.15, -0.1) is 0 Å². The minimum atomic E-state index is 0.415. The summed E-state index contributed by atoms with van der Waals surface area (Å²) in [5.74, 6) is 0.793. The highest BCUT2D eigenvalue weighted by Crippen LogP contribution is 2.44. The van der Waals surface area contributed by atoms with Gasteiger partial charge < -0.3 is 5.32 Å². The van der Waals surface area contributed by atoms with Crippen molar-refractivity contribution in [1.29, 1.82) is 0 Å². The van der Waals surface area contributed by atoms with Crippen LogP contribution in [0.5, 0.6) is 0 Å². The smallest absolute Gasteiger partial charge is 0.000295 e. The Morgan fingerprint density at radius 3 is 1.94 bits per heavy atom. The van der Waals surface area contributed by atoms with Gasteiger partial charge in [0, 0.05) is 13.1 Å². The first-order valence-corrected chi connectivity index (χ1v) is 6.75. The van der Waals surface area contributed by atoms with Crippen molar-refractivity contribution < 1.29 is 0 Å². The molecule has 16 heavy (non-hydrogen) atoms. The zero-order valence-electron chi connectivity index (χ0n) is 12.4. The number of nitrogens with one attached hydrogen (secondary N) is 1. The molecule has 1 heterocycles. The van der Waals surface area contributed by atoms with E-state index in [2.05, 4.69) is 53.8 Å². The van der Waals surface area contributed by atoms with E-state index in [0.29, 0.717) is 16.2 Å². The molecule has 0 spiro atoms. The Kier molecular flexibility index (Phi) is 3.79. The van der Waals surface area contributed by atoms with E-state index in [9.17, 15) is 0 Å². The van der Waals surface area contributed by atoms with Crippen LogP contribution in [0.2, 0.25) is 0 Å². The normalized spacial score (nSPS) is 33.6. The summed E-state index contributed by atoms with van der Waals surface area (Å²) >= 11 is 0. The Labute approximate surface area is 102 Å². The summed E-state index contributed by atoms with van der Waals surface area (Å²) in [6.07, 6.45) is 2.63. The highest BCUT2D eigenvalue weighted by molar-refractivity contribution is 4.89. The first kappa shape index (κ1) is 14.0. The van der Waals surface area contributed by atoms with Crippen LogP contribution in [0.15, 0.2) is 0 Å². The fourth-order valence-corrected chi connectivity index (χ4v) is 3.39. The molecule has 0 aliphatic carbocycles. The molecule has 1 heteroatoms. The lowest BCUT2D eigenvalue weighted by molar-refractivity contribution is 0.113. The molecule has 0 bridgehead atoms. The molecule has 96 valence electrons. The lowest BCUT2D eigenvalue weighted by Crippen LogP contribution is -2.35. The molecule has 1 aliphatic heterocycles. The fraction of sp³-hybridized carbons (Fsp3) is 1.00. The summed E-state index contributed by atoms with van der Waals surface area (Å²) in [7, 11) is 0. The number of rotatable bonds is 0. The van der Waals surface area contributed by atoms with E-state index in [4.69, 9.17) is 0 Å². The Hall–Kier alpha value is -0.0400. The molecule has 0 saturated carbocycles. The van der Waals surface area contributed by atoms with Crippen LogP contribution in [0, 0.1) is 22.2 Å². The van der Waals surface area contributed by atoms with Crippen molar-refractivity contribution in [1.82, 2.24) is 5.32 Å². The van der Waals surface area contributed by atoms with Gasteiger partial charge in [-0.1, -0.05) is 48.5 Å². The van der Waals surface area contributed by atoms with Gasteiger partial charge in [0.15, 0.2) is 0 Å². The predicted octanol–water partition coefficient (Wildman–Crippen LogP) is 4.08. The van der Waals surface area contributed by atoms with Crippen molar-refractivity contribution in [3.8, 4) is 0 Å². The van der Waals surface area contributed by atoms with Gasteiger partial charge >= 0.3 is 0 Å². The molecule has 1 N–H and O–H groups in total. The zero-order chi connectivity index (χ0) is 12.6. The second-order valence-electron chi connectivity index (χ2n) is 8.20. The lowest BCUT2D eigenvalue weighted by atomic mass is 9.66. The van der Waals surface area contributed by atoms with Crippen LogP contribution in [0.3, 0.4) is 0 Å². The molecule has 1 fully saturated rings. The van der Waals surface area contributed by atoms with E-state index in [1.54, 1.807) is 0 Å². The van der Waals surface area contributed by atoms with Gasteiger partial charge in [-0.25, -0.2) is 0 Å². The average Bonchev–Trinajstić information content (AvgIpc) is 1.99. The Morgan fingerprint density at radius 1 is 0.875 bits per heavy atom. The summed E-state index contributed by atoms with van der Waals surface area (Å²) < 4.78 is 0. The van der Waals surface area contributed by atoms with E-state index in [0.717, 1.165) is 19.0 Å². The van der Waals surface area contributed by atoms with E-state index in [1.165, 1.54) is 12.8 Å². The fourth-order valence-electron chi connectivity index (χ4n) is 3.39. The van der Waals surface area contributed by atoms with Crippen LogP contribution in [-0.2, 0) is 0 Å². The standard InChI is InChI=1S/C15H31N/c1-12-8-13(2,3)10-16-11-14(4,5)9-15(12,6)7/h12,16H,8-11H2,1-7H3. The summed E-state index contributed by atoms with van der Waals surface area (Å²) in [6, 6.07) is 0. The molecule has 1 unspecified atom stereocenters. The first-order valence-electron chi connectivity index (χ1n) is 6.75. The maximum absolute atomic E-state index is 3.67. The molecule has 0 radical (unpaired) electrons. The third-order valence-electron chi connectivity index (χ3n) is 4.33. The first-order chi connectivity index (χ1) is 7.04. The van der Waals surface area contributed by atoms with E-state index >= 15 is 0 Å². The van der Waals surface area contributed by atoms with E-state index in [-0.39, 0.29) is 0 Å². The minimum absolute atomic E-state index is 0.415. The largest absolute Gasteiger partial charge is 0.316 e.